The van der Waals surface area contributed by atoms with Gasteiger partial charge in [0, 0.05) is 36.7 Å². The molecule has 0 radical (unpaired) electrons. The molecule has 0 bridgehead atoms. The molecule has 0 aliphatic heterocycles. The average Bonchev–Trinajstić information content (AvgIpc) is 1.57. The van der Waals surface area contributed by atoms with Crippen LogP contribution in [0.5, 0.6) is 28.7 Å². The van der Waals surface area contributed by atoms with Gasteiger partial charge in [-0.2, -0.15) is 0 Å². The summed E-state index contributed by atoms with van der Waals surface area (Å²) in [5.41, 5.74) is 6.64. The Bertz CT molecular complexity index is 4540. The molecular weight excluding hydrogens is 1350 g/mol. The Morgan fingerprint density at radius 1 is 0.480 bits per heavy atom. The number of nitrogens with zero attached hydrogens (tertiary/aromatic N) is 1. The summed E-state index contributed by atoms with van der Waals surface area (Å²) in [7, 11) is 6.16. The number of phenolic OH excluding ortho intramolecular Hbond substituents is 1. The lowest BCUT2D eigenvalue weighted by atomic mass is 10.1. The maximum absolute atomic E-state index is 13.0. The number of carbonyl (C=O) groups is 6. The number of aromatic hydroxyl groups is 1. The number of thiazole rings is 1. The number of hydrogen-bond donors (Lipinski definition) is 7. The number of carbonyl (C=O) groups excluding carboxylic acids is 5. The van der Waals surface area contributed by atoms with Crippen LogP contribution in [-0.2, 0) is 12.2 Å². The lowest BCUT2D eigenvalue weighted by Crippen LogP contribution is -2.18. The Labute approximate surface area is 582 Å². The number of para-hydroxylation sites is 5. The van der Waals surface area contributed by atoms with Crippen LogP contribution in [0.4, 0.5) is 32.3 Å². The van der Waals surface area contributed by atoms with Crippen LogP contribution in [0.2, 0.25) is 0 Å². The molecule has 0 fully saturated rings. The highest BCUT2D eigenvalue weighted by Gasteiger charge is 2.22. The molecular formula is C76H66BrFN6O12S2. The molecule has 498 valence electrons. The third kappa shape index (κ3) is 20.2. The molecule has 0 unspecified atom stereocenters. The topological polar surface area (TPSA) is 253 Å². The fraction of sp³-hybridized carbons (Fsp3) is 0.0921. The number of carboxylic acids is 1. The van der Waals surface area contributed by atoms with E-state index in [9.17, 15) is 38.3 Å². The quantitative estimate of drug-likeness (QED) is 0.0277. The molecule has 11 rings (SSSR count). The highest BCUT2D eigenvalue weighted by Crippen LogP contribution is 2.35. The second kappa shape index (κ2) is 36.3. The number of aromatic nitrogens is 1. The largest absolute Gasteiger partial charge is 0.508 e. The van der Waals surface area contributed by atoms with Crippen LogP contribution in [-0.4, -0.2) is 79.1 Å². The number of amides is 5. The normalized spacial score (nSPS) is 10.2. The number of phenols is 1. The van der Waals surface area contributed by atoms with E-state index in [0.29, 0.717) is 67.4 Å². The van der Waals surface area contributed by atoms with E-state index in [1.54, 1.807) is 110 Å². The number of benzene rings is 10. The number of carboxylic acid groups (broad SMARTS) is 1. The van der Waals surface area contributed by atoms with Gasteiger partial charge in [0.05, 0.1) is 73.6 Å². The molecule has 0 atom stereocenters. The van der Waals surface area contributed by atoms with Gasteiger partial charge in [0.15, 0.2) is 5.13 Å². The van der Waals surface area contributed by atoms with Gasteiger partial charge in [0.25, 0.3) is 29.5 Å². The first kappa shape index (κ1) is 72.2. The molecule has 1 heterocycles. The van der Waals surface area contributed by atoms with Crippen LogP contribution in [0, 0.1) is 5.82 Å². The summed E-state index contributed by atoms with van der Waals surface area (Å²) >= 11 is 6.39. The first-order valence-corrected chi connectivity index (χ1v) is 32.6. The summed E-state index contributed by atoms with van der Waals surface area (Å²) in [6.45, 7) is 2.08. The average molecular weight is 1420 g/mol. The predicted octanol–water partition coefficient (Wildman–Crippen LogP) is 17.3. The monoisotopic (exact) mass is 1420 g/mol. The van der Waals surface area contributed by atoms with Crippen LogP contribution >= 0.6 is 39.0 Å². The van der Waals surface area contributed by atoms with Crippen molar-refractivity contribution in [2.75, 3.05) is 55.0 Å². The van der Waals surface area contributed by atoms with Gasteiger partial charge < -0.3 is 50.4 Å². The zero-order chi connectivity index (χ0) is 69.9. The lowest BCUT2D eigenvalue weighted by molar-refractivity contribution is 0.0696. The van der Waals surface area contributed by atoms with Gasteiger partial charge in [0.2, 0.25) is 0 Å². The van der Waals surface area contributed by atoms with Crippen molar-refractivity contribution in [2.24, 2.45) is 0 Å². The van der Waals surface area contributed by atoms with E-state index in [0.717, 1.165) is 43.7 Å². The Hall–Kier alpha value is -11.6. The SMILES string of the molecule is CCc1sc(NC(=O)c2c(OC)cccc2OC)nc1-c1ccccc1.COc1ccccc1NC(=O)c1ccccc1NC(=O)c1ccc(F)cc1.COc1ccccc1NC(=O)c1ccccc1SCc1ccccc1.O=C(Nc1ccc(O)cc1C(=O)O)c1cccc(Br)c1. The summed E-state index contributed by atoms with van der Waals surface area (Å²) in [6, 6.07) is 69.7. The zero-order valence-corrected chi connectivity index (χ0v) is 56.7. The minimum absolute atomic E-state index is 0.125. The first-order chi connectivity index (χ1) is 47.5. The third-order valence-corrected chi connectivity index (χ3v) is 16.9. The number of ether oxygens (including phenoxy) is 4. The van der Waals surface area contributed by atoms with Gasteiger partial charge in [-0.1, -0.05) is 144 Å². The van der Waals surface area contributed by atoms with Gasteiger partial charge >= 0.3 is 5.97 Å². The maximum atomic E-state index is 13.0. The van der Waals surface area contributed by atoms with Gasteiger partial charge in [-0.3, -0.25) is 29.3 Å². The van der Waals surface area contributed by atoms with Crippen molar-refractivity contribution in [3.63, 3.8) is 0 Å². The minimum Gasteiger partial charge on any atom is -0.508 e. The van der Waals surface area contributed by atoms with E-state index >= 15 is 0 Å². The van der Waals surface area contributed by atoms with E-state index in [-0.39, 0.29) is 34.4 Å². The molecule has 1 aromatic heterocycles. The molecule has 0 saturated carbocycles. The Kier molecular flexibility index (Phi) is 26.8. The number of halogens is 2. The molecule has 98 heavy (non-hydrogen) atoms. The Morgan fingerprint density at radius 2 is 0.969 bits per heavy atom. The molecule has 0 aliphatic carbocycles. The first-order valence-electron chi connectivity index (χ1n) is 30.0. The molecule has 22 heteroatoms. The van der Waals surface area contributed by atoms with E-state index in [1.165, 1.54) is 74.6 Å². The molecule has 18 nitrogen and oxygen atoms in total. The Balaban J connectivity index is 0.000000168. The van der Waals surface area contributed by atoms with E-state index in [4.69, 9.17) is 24.1 Å². The standard InChI is InChI=1S/C21H17FN2O3.C21H19NO2S.C20H20N2O3S.C14H10BrNO4/c1-27-19-9-5-4-8-18(19)24-21(26)16-6-2-3-7-17(16)23-20(25)14-10-12-15(22)13-11-14;1-24-19-13-7-6-12-18(19)22-21(23)17-11-5-8-14-20(17)25-15-16-9-3-2-4-10-16;1-4-16-18(13-9-6-5-7-10-13)21-20(26-16)22-19(23)17-14(24-2)11-8-12-15(17)25-3;15-9-3-1-2-8(6-9)13(18)16-12-5-4-10(17)7-11(12)14(19)20/h2-13H,1H3,(H,23,25)(H,24,26);2-14H,15H2,1H3,(H,22,23);5-12H,4H2,1-3H3,(H,21,22,23);1-7,17H,(H,16,18)(H,19,20). The van der Waals surface area contributed by atoms with Crippen LogP contribution in [0.1, 0.15) is 79.5 Å². The Morgan fingerprint density at radius 3 is 1.55 bits per heavy atom. The summed E-state index contributed by atoms with van der Waals surface area (Å²) in [5, 5.41) is 32.7. The minimum atomic E-state index is -1.23. The number of thioether (sulfide) groups is 1. The maximum Gasteiger partial charge on any atom is 0.337 e. The van der Waals surface area contributed by atoms with Crippen molar-refractivity contribution in [1.82, 2.24) is 4.98 Å². The smallest absolute Gasteiger partial charge is 0.337 e. The van der Waals surface area contributed by atoms with Crippen molar-refractivity contribution in [3.05, 3.63) is 297 Å². The van der Waals surface area contributed by atoms with E-state index < -0.39 is 29.5 Å². The highest BCUT2D eigenvalue weighted by molar-refractivity contribution is 9.10. The van der Waals surface area contributed by atoms with Gasteiger partial charge in [-0.15, -0.1) is 23.1 Å². The highest BCUT2D eigenvalue weighted by atomic mass is 79.9. The van der Waals surface area contributed by atoms with Gasteiger partial charge in [0.1, 0.15) is 40.1 Å². The van der Waals surface area contributed by atoms with E-state index in [1.807, 2.05) is 97.1 Å². The van der Waals surface area contributed by atoms with Crippen LogP contribution < -0.4 is 45.5 Å². The zero-order valence-electron chi connectivity index (χ0n) is 53.5. The number of anilines is 5. The van der Waals surface area contributed by atoms with Gasteiger partial charge in [-0.05, 0) is 133 Å². The van der Waals surface area contributed by atoms with Crippen molar-refractivity contribution in [2.45, 2.75) is 24.0 Å². The number of rotatable bonds is 20. The molecule has 0 aliphatic rings. The fourth-order valence-corrected chi connectivity index (χ4v) is 11.6. The number of methoxy groups -OCH3 is 4. The van der Waals surface area contributed by atoms with E-state index in [2.05, 4.69) is 66.6 Å². The van der Waals surface area contributed by atoms with Crippen LogP contribution in [0.3, 0.4) is 0 Å². The summed E-state index contributed by atoms with van der Waals surface area (Å²) < 4.78 is 34.9. The fourth-order valence-electron chi connectivity index (χ4n) is 9.32. The molecule has 0 spiro atoms. The second-order valence-corrected chi connectivity index (χ2v) is 23.6. The number of aryl methyl sites for hydroxylation is 1. The van der Waals surface area contributed by atoms with Crippen molar-refractivity contribution < 1.29 is 62.3 Å². The molecule has 7 N–H and O–H groups in total. The predicted molar refractivity (Wildman–Crippen MR) is 387 cm³/mol. The molecule has 5 amide bonds. The lowest BCUT2D eigenvalue weighted by Gasteiger charge is -2.13. The molecule has 11 aromatic rings. The van der Waals surface area contributed by atoms with Crippen molar-refractivity contribution >= 4 is 102 Å². The second-order valence-electron chi connectivity index (χ2n) is 20.6. The number of nitrogens with one attached hydrogen (secondary N) is 5. The van der Waals surface area contributed by atoms with Crippen LogP contribution in [0.25, 0.3) is 11.3 Å². The third-order valence-electron chi connectivity index (χ3n) is 14.1. The van der Waals surface area contributed by atoms with Crippen molar-refractivity contribution in [3.8, 4) is 40.0 Å². The van der Waals surface area contributed by atoms with Crippen LogP contribution in [0.15, 0.2) is 252 Å². The number of hydrogen-bond acceptors (Lipinski definition) is 14. The summed E-state index contributed by atoms with van der Waals surface area (Å²) in [6.07, 6.45) is 0.843. The molecule has 10 aromatic carbocycles. The summed E-state index contributed by atoms with van der Waals surface area (Å²) in [4.78, 5) is 80.4. The summed E-state index contributed by atoms with van der Waals surface area (Å²) in [5.74, 6) is -0.646. The number of aromatic carboxylic acids is 1. The van der Waals surface area contributed by atoms with Crippen molar-refractivity contribution in [1.29, 1.82) is 0 Å². The van der Waals surface area contributed by atoms with Gasteiger partial charge in [-0.25, -0.2) is 14.2 Å². The molecule has 0 saturated heterocycles.